The second-order valence-electron chi connectivity index (χ2n) is 15.7. The van der Waals surface area contributed by atoms with Crippen molar-refractivity contribution >= 4 is 13.7 Å². The lowest BCUT2D eigenvalue weighted by atomic mass is 10.0. The normalized spacial score (nSPS) is 14.5. The maximum atomic E-state index is 12.8. The highest BCUT2D eigenvalue weighted by molar-refractivity contribution is 7.45. The van der Waals surface area contributed by atoms with E-state index < -0.39 is 20.0 Å². The lowest BCUT2D eigenvalue weighted by Crippen LogP contribution is -2.46. The van der Waals surface area contributed by atoms with E-state index in [2.05, 4.69) is 19.2 Å². The molecule has 8 nitrogen and oxygen atoms in total. The molecule has 0 radical (unpaired) electrons. The van der Waals surface area contributed by atoms with Gasteiger partial charge in [-0.1, -0.05) is 181 Å². The summed E-state index contributed by atoms with van der Waals surface area (Å²) in [5, 5.41) is 13.8. The summed E-state index contributed by atoms with van der Waals surface area (Å²) >= 11 is 0. The van der Waals surface area contributed by atoms with Crippen LogP contribution in [0.2, 0.25) is 0 Å². The summed E-state index contributed by atoms with van der Waals surface area (Å²) in [7, 11) is 1.31. The Balaban J connectivity index is 4.15. The average molecular weight is 719 g/mol. The summed E-state index contributed by atoms with van der Waals surface area (Å²) in [6, 6.07) is -0.790. The summed E-state index contributed by atoms with van der Waals surface area (Å²) in [5.74, 6) is -0.165. The van der Waals surface area contributed by atoms with Gasteiger partial charge in [0, 0.05) is 6.42 Å². The van der Waals surface area contributed by atoms with E-state index in [-0.39, 0.29) is 19.1 Å². The second kappa shape index (κ2) is 33.3. The van der Waals surface area contributed by atoms with E-state index in [1.165, 1.54) is 135 Å². The Labute approximate surface area is 304 Å². The number of carbonyl (C=O) groups is 1. The van der Waals surface area contributed by atoms with Gasteiger partial charge in [0.05, 0.1) is 39.9 Å². The number of phosphoric acid groups is 1. The SMILES string of the molecule is CCCCCCCCCCCCCCCCCCCCCCC(=O)NC(COP(=O)([O-])OCC[N+](C)(C)C)C(O)CCCCCCCCC. The molecule has 0 aromatic rings. The van der Waals surface area contributed by atoms with Crippen LogP contribution in [0, 0.1) is 0 Å². The Morgan fingerprint density at radius 1 is 0.633 bits per heavy atom. The molecule has 0 aliphatic carbocycles. The van der Waals surface area contributed by atoms with Crippen LogP contribution in [-0.4, -0.2) is 68.5 Å². The molecule has 0 aromatic heterocycles. The Hall–Kier alpha value is -0.500. The van der Waals surface area contributed by atoms with Crippen molar-refractivity contribution in [2.45, 2.75) is 212 Å². The number of phosphoric ester groups is 1. The van der Waals surface area contributed by atoms with Gasteiger partial charge in [0.15, 0.2) is 0 Å². The Morgan fingerprint density at radius 2 is 1.00 bits per heavy atom. The fourth-order valence-corrected chi connectivity index (χ4v) is 6.94. The van der Waals surface area contributed by atoms with Crippen molar-refractivity contribution in [2.75, 3.05) is 40.9 Å². The molecule has 0 bridgehead atoms. The van der Waals surface area contributed by atoms with Crippen molar-refractivity contribution < 1.29 is 32.9 Å². The quantitative estimate of drug-likeness (QED) is 0.0374. The monoisotopic (exact) mass is 719 g/mol. The molecule has 2 N–H and O–H groups in total. The highest BCUT2D eigenvalue weighted by Crippen LogP contribution is 2.38. The average Bonchev–Trinajstić information content (AvgIpc) is 3.04. The van der Waals surface area contributed by atoms with Crippen LogP contribution in [0.5, 0.6) is 0 Å². The zero-order chi connectivity index (χ0) is 36.5. The van der Waals surface area contributed by atoms with Gasteiger partial charge < -0.3 is 28.8 Å². The molecule has 294 valence electrons. The van der Waals surface area contributed by atoms with Gasteiger partial charge in [-0.3, -0.25) is 9.36 Å². The van der Waals surface area contributed by atoms with Gasteiger partial charge in [-0.15, -0.1) is 0 Å². The van der Waals surface area contributed by atoms with Crippen LogP contribution in [-0.2, 0) is 18.4 Å². The Kier molecular flexibility index (Phi) is 33.0. The molecule has 3 atom stereocenters. The summed E-state index contributed by atoms with van der Waals surface area (Å²) < 4.78 is 23.1. The van der Waals surface area contributed by atoms with Crippen LogP contribution in [0.4, 0.5) is 0 Å². The molecule has 0 aliphatic heterocycles. The van der Waals surface area contributed by atoms with Crippen molar-refractivity contribution in [2.24, 2.45) is 0 Å². The van der Waals surface area contributed by atoms with Crippen molar-refractivity contribution in [3.63, 3.8) is 0 Å². The van der Waals surface area contributed by atoms with Crippen molar-refractivity contribution in [1.29, 1.82) is 0 Å². The maximum absolute atomic E-state index is 12.8. The number of rotatable bonds is 38. The zero-order valence-corrected chi connectivity index (χ0v) is 34.1. The number of nitrogens with one attached hydrogen (secondary N) is 1. The largest absolute Gasteiger partial charge is 0.756 e. The van der Waals surface area contributed by atoms with Gasteiger partial charge in [-0.05, 0) is 12.8 Å². The number of aliphatic hydroxyl groups excluding tert-OH is 1. The zero-order valence-electron chi connectivity index (χ0n) is 33.2. The summed E-state index contributed by atoms with van der Waals surface area (Å²) in [5.41, 5.74) is 0. The number of nitrogens with zero attached hydrogens (tertiary/aromatic N) is 1. The third-order valence-corrected chi connectivity index (χ3v) is 10.6. The van der Waals surface area contributed by atoms with Crippen LogP contribution in [0.1, 0.15) is 200 Å². The molecule has 0 aliphatic rings. The number of carbonyl (C=O) groups excluding carboxylic acids is 1. The summed E-state index contributed by atoms with van der Waals surface area (Å²) in [6.45, 7) is 4.68. The number of hydrogen-bond donors (Lipinski definition) is 2. The minimum absolute atomic E-state index is 0.0152. The van der Waals surface area contributed by atoms with Gasteiger partial charge in [0.1, 0.15) is 13.2 Å². The van der Waals surface area contributed by atoms with Gasteiger partial charge in [0.25, 0.3) is 7.82 Å². The first-order valence-electron chi connectivity index (χ1n) is 20.9. The van der Waals surface area contributed by atoms with Gasteiger partial charge in [-0.25, -0.2) is 0 Å². The van der Waals surface area contributed by atoms with E-state index in [1.807, 2.05) is 21.1 Å². The lowest BCUT2D eigenvalue weighted by Gasteiger charge is -2.30. The minimum atomic E-state index is -4.54. The molecule has 0 saturated heterocycles. The molecular formula is C40H83N2O6P. The molecule has 0 aromatic carbocycles. The maximum Gasteiger partial charge on any atom is 0.268 e. The van der Waals surface area contributed by atoms with Crippen LogP contribution < -0.4 is 10.2 Å². The predicted octanol–water partition coefficient (Wildman–Crippen LogP) is 10.4. The molecule has 9 heteroatoms. The van der Waals surface area contributed by atoms with E-state index in [0.29, 0.717) is 23.9 Å². The number of quaternary nitrogens is 1. The van der Waals surface area contributed by atoms with Crippen LogP contribution in [0.15, 0.2) is 0 Å². The molecule has 0 fully saturated rings. The topological polar surface area (TPSA) is 108 Å². The molecule has 0 heterocycles. The Morgan fingerprint density at radius 3 is 1.39 bits per heavy atom. The number of aliphatic hydroxyl groups is 1. The lowest BCUT2D eigenvalue weighted by molar-refractivity contribution is -0.870. The minimum Gasteiger partial charge on any atom is -0.756 e. The fourth-order valence-electron chi connectivity index (χ4n) is 6.22. The van der Waals surface area contributed by atoms with Gasteiger partial charge in [-0.2, -0.15) is 0 Å². The highest BCUT2D eigenvalue weighted by atomic mass is 31.2. The van der Waals surface area contributed by atoms with Crippen LogP contribution in [0.25, 0.3) is 0 Å². The van der Waals surface area contributed by atoms with Crippen molar-refractivity contribution in [1.82, 2.24) is 5.32 Å². The van der Waals surface area contributed by atoms with E-state index in [0.717, 1.165) is 38.5 Å². The molecule has 0 spiro atoms. The fraction of sp³-hybridized carbons (Fsp3) is 0.975. The molecule has 0 rings (SSSR count). The molecule has 1 amide bonds. The third-order valence-electron chi connectivity index (χ3n) is 9.60. The molecule has 0 saturated carbocycles. The van der Waals surface area contributed by atoms with E-state index >= 15 is 0 Å². The van der Waals surface area contributed by atoms with E-state index in [1.54, 1.807) is 0 Å². The van der Waals surface area contributed by atoms with Crippen molar-refractivity contribution in [3.8, 4) is 0 Å². The van der Waals surface area contributed by atoms with Crippen molar-refractivity contribution in [3.05, 3.63) is 0 Å². The molecular weight excluding hydrogens is 635 g/mol. The summed E-state index contributed by atoms with van der Waals surface area (Å²) in [6.07, 6.45) is 34.1. The first kappa shape index (κ1) is 48.5. The number of unbranched alkanes of at least 4 members (excludes halogenated alkanes) is 25. The number of amides is 1. The number of likely N-dealkylation sites (N-methyl/N-ethyl adjacent to an activating group) is 1. The van der Waals surface area contributed by atoms with E-state index in [9.17, 15) is 19.4 Å². The summed E-state index contributed by atoms with van der Waals surface area (Å²) in [4.78, 5) is 25.1. The molecule has 49 heavy (non-hydrogen) atoms. The van der Waals surface area contributed by atoms with Gasteiger partial charge >= 0.3 is 0 Å². The standard InChI is InChI=1S/C40H83N2O6P/c1-6-8-10-12-14-15-16-17-18-19-20-21-22-23-24-25-26-28-30-32-34-40(44)41-38(39(43)33-31-29-27-13-11-9-7-2)37-48-49(45,46)47-36-35-42(3,4)5/h38-39,43H,6-37H2,1-5H3,(H-,41,44,45,46). The molecule has 3 unspecified atom stereocenters. The highest BCUT2D eigenvalue weighted by Gasteiger charge is 2.24. The third kappa shape index (κ3) is 35.7. The first-order valence-corrected chi connectivity index (χ1v) is 22.3. The second-order valence-corrected chi connectivity index (χ2v) is 17.1. The van der Waals surface area contributed by atoms with Gasteiger partial charge in [0.2, 0.25) is 5.91 Å². The van der Waals surface area contributed by atoms with Crippen LogP contribution >= 0.6 is 7.82 Å². The van der Waals surface area contributed by atoms with E-state index in [4.69, 9.17) is 9.05 Å². The Bertz CT molecular complexity index is 778. The predicted molar refractivity (Wildman–Crippen MR) is 206 cm³/mol. The first-order chi connectivity index (χ1) is 23.5. The smallest absolute Gasteiger partial charge is 0.268 e. The van der Waals surface area contributed by atoms with Crippen LogP contribution in [0.3, 0.4) is 0 Å². The number of hydrogen-bond acceptors (Lipinski definition) is 6.